The minimum atomic E-state index is -0.859. The summed E-state index contributed by atoms with van der Waals surface area (Å²) in [5.74, 6) is 0.0264. The van der Waals surface area contributed by atoms with Gasteiger partial charge in [-0.25, -0.2) is 4.98 Å². The molecular weight excluding hydrogens is 306 g/mol. The van der Waals surface area contributed by atoms with Gasteiger partial charge in [-0.3, -0.25) is 9.69 Å². The molecule has 0 saturated carbocycles. The van der Waals surface area contributed by atoms with Crippen molar-refractivity contribution in [2.75, 3.05) is 26.2 Å². The average molecular weight is 327 g/mol. The summed E-state index contributed by atoms with van der Waals surface area (Å²) in [7, 11) is 0. The quantitative estimate of drug-likeness (QED) is 0.920. The van der Waals surface area contributed by atoms with E-state index in [9.17, 15) is 9.90 Å². The zero-order valence-corrected chi connectivity index (χ0v) is 13.5. The Morgan fingerprint density at radius 2 is 2.12 bits per heavy atom. The Hall–Kier alpha value is -2.18. The predicted octanol–water partition coefficient (Wildman–Crippen LogP) is 1.31. The van der Waals surface area contributed by atoms with Crippen LogP contribution < -0.4 is 0 Å². The largest absolute Gasteiger partial charge is 0.438 e. The predicted molar refractivity (Wildman–Crippen MR) is 87.4 cm³/mol. The number of likely N-dealkylation sites (tertiary alicyclic amines) is 1. The summed E-state index contributed by atoms with van der Waals surface area (Å²) in [6.07, 6.45) is 4.26. The molecule has 24 heavy (non-hydrogen) atoms. The molecule has 1 atom stereocenters. The minimum Gasteiger partial charge on any atom is -0.438 e. The van der Waals surface area contributed by atoms with Crippen LogP contribution in [0.2, 0.25) is 0 Å². The van der Waals surface area contributed by atoms with E-state index in [0.717, 1.165) is 19.5 Å². The number of aliphatic hydroxyl groups is 1. The topological polar surface area (TPSA) is 69.8 Å². The first-order valence-corrected chi connectivity index (χ1v) is 8.32. The van der Waals surface area contributed by atoms with E-state index >= 15 is 0 Å². The van der Waals surface area contributed by atoms with E-state index < -0.39 is 5.60 Å². The number of aromatic nitrogens is 1. The van der Waals surface area contributed by atoms with Crippen LogP contribution in [0.4, 0.5) is 0 Å². The summed E-state index contributed by atoms with van der Waals surface area (Å²) in [4.78, 5) is 20.0. The molecule has 1 unspecified atom stereocenters. The molecule has 1 aromatic heterocycles. The molecule has 6 heteroatoms. The van der Waals surface area contributed by atoms with Gasteiger partial charge in [0.15, 0.2) is 6.39 Å². The number of hydrogen-bond acceptors (Lipinski definition) is 5. The molecule has 0 aliphatic carbocycles. The smallest absolute Gasteiger partial charge is 0.291 e. The van der Waals surface area contributed by atoms with Gasteiger partial charge < -0.3 is 14.4 Å². The van der Waals surface area contributed by atoms with Crippen molar-refractivity contribution < 1.29 is 14.3 Å². The number of fused-ring (bicyclic) bond motifs is 1. The van der Waals surface area contributed by atoms with Gasteiger partial charge in [-0.15, -0.1) is 0 Å². The van der Waals surface area contributed by atoms with E-state index in [1.165, 1.54) is 23.7 Å². The zero-order valence-electron chi connectivity index (χ0n) is 13.5. The highest BCUT2D eigenvalue weighted by Crippen LogP contribution is 2.27. The van der Waals surface area contributed by atoms with Gasteiger partial charge >= 0.3 is 0 Å². The summed E-state index contributed by atoms with van der Waals surface area (Å²) in [6, 6.07) is 8.46. The maximum absolute atomic E-state index is 12.3. The highest BCUT2D eigenvalue weighted by molar-refractivity contribution is 5.91. The zero-order chi connectivity index (χ0) is 16.6. The van der Waals surface area contributed by atoms with Gasteiger partial charge in [-0.05, 0) is 24.0 Å². The second kappa shape index (κ2) is 6.03. The van der Waals surface area contributed by atoms with Gasteiger partial charge in [-0.1, -0.05) is 24.3 Å². The first-order chi connectivity index (χ1) is 11.6. The van der Waals surface area contributed by atoms with Crippen molar-refractivity contribution in [3.05, 3.63) is 53.7 Å². The summed E-state index contributed by atoms with van der Waals surface area (Å²) < 4.78 is 5.07. The Morgan fingerprint density at radius 1 is 1.29 bits per heavy atom. The average Bonchev–Trinajstić information content (AvgIpc) is 3.24. The lowest BCUT2D eigenvalue weighted by molar-refractivity contribution is 0.00775. The maximum atomic E-state index is 12.3. The molecule has 4 rings (SSSR count). The number of β-amino-alcohol motifs (C(OH)–C–C–N with tert-alkyl or cyclic N) is 1. The monoisotopic (exact) mass is 327 g/mol. The molecule has 1 amide bonds. The van der Waals surface area contributed by atoms with E-state index in [4.69, 9.17) is 4.42 Å². The number of amides is 1. The van der Waals surface area contributed by atoms with E-state index in [0.29, 0.717) is 26.1 Å². The molecule has 3 heterocycles. The third kappa shape index (κ3) is 2.95. The second-order valence-electron chi connectivity index (χ2n) is 6.80. The van der Waals surface area contributed by atoms with Crippen molar-refractivity contribution in [2.45, 2.75) is 25.0 Å². The Balaban J connectivity index is 1.40. The Morgan fingerprint density at radius 3 is 2.92 bits per heavy atom. The Bertz CT molecular complexity index is 731. The highest BCUT2D eigenvalue weighted by atomic mass is 16.3. The van der Waals surface area contributed by atoms with Crippen molar-refractivity contribution in [3.8, 4) is 0 Å². The minimum absolute atomic E-state index is 0.201. The number of oxazole rings is 1. The molecule has 1 N–H and O–H groups in total. The van der Waals surface area contributed by atoms with Crippen molar-refractivity contribution in [1.82, 2.24) is 14.8 Å². The van der Waals surface area contributed by atoms with Gasteiger partial charge in [-0.2, -0.15) is 0 Å². The van der Waals surface area contributed by atoms with Gasteiger partial charge in [0.05, 0.1) is 18.3 Å². The highest BCUT2D eigenvalue weighted by Gasteiger charge is 2.40. The summed E-state index contributed by atoms with van der Waals surface area (Å²) in [6.45, 7) is 3.26. The molecule has 0 spiro atoms. The molecular formula is C18H21N3O3. The molecule has 0 radical (unpaired) electrons. The van der Waals surface area contributed by atoms with Gasteiger partial charge in [0.1, 0.15) is 0 Å². The fraction of sp³-hybridized carbons (Fsp3) is 0.444. The fourth-order valence-corrected chi connectivity index (χ4v) is 3.74. The van der Waals surface area contributed by atoms with Crippen molar-refractivity contribution in [3.63, 3.8) is 0 Å². The number of carbonyl (C=O) groups is 1. The van der Waals surface area contributed by atoms with Crippen LogP contribution in [0.25, 0.3) is 0 Å². The summed E-state index contributed by atoms with van der Waals surface area (Å²) in [5.41, 5.74) is 1.87. The van der Waals surface area contributed by atoms with Gasteiger partial charge in [0.25, 0.3) is 5.91 Å². The van der Waals surface area contributed by atoms with Crippen molar-refractivity contribution in [1.29, 1.82) is 0 Å². The van der Waals surface area contributed by atoms with E-state index in [2.05, 4.69) is 34.1 Å². The molecule has 1 saturated heterocycles. The van der Waals surface area contributed by atoms with E-state index in [1.807, 2.05) is 0 Å². The number of benzene rings is 1. The van der Waals surface area contributed by atoms with Crippen molar-refractivity contribution in [2.24, 2.45) is 0 Å². The molecule has 2 aliphatic rings. The van der Waals surface area contributed by atoms with Crippen LogP contribution in [0.3, 0.4) is 0 Å². The number of rotatable bonds is 3. The molecule has 126 valence electrons. The summed E-state index contributed by atoms with van der Waals surface area (Å²) in [5, 5.41) is 10.9. The Labute approximate surface area is 140 Å². The third-order valence-corrected chi connectivity index (χ3v) is 4.99. The normalized spacial score (nSPS) is 24.1. The molecule has 2 aromatic rings. The summed E-state index contributed by atoms with van der Waals surface area (Å²) >= 11 is 0. The van der Waals surface area contributed by atoms with Crippen LogP contribution >= 0.6 is 0 Å². The van der Waals surface area contributed by atoms with Crippen LogP contribution in [0.1, 0.15) is 28.1 Å². The standard InChI is InChI=1S/C18H21N3O3/c22-17(16-9-19-13-24-16)21-8-6-18(23,12-21)11-20-7-5-14-3-1-2-4-15(14)10-20/h1-4,9,13,23H,5-8,10-12H2. The molecule has 0 bridgehead atoms. The molecule has 1 aromatic carbocycles. The number of hydrogen-bond donors (Lipinski definition) is 1. The van der Waals surface area contributed by atoms with Crippen LogP contribution in [0, 0.1) is 0 Å². The van der Waals surface area contributed by atoms with E-state index in [-0.39, 0.29) is 11.7 Å². The second-order valence-corrected chi connectivity index (χ2v) is 6.80. The van der Waals surface area contributed by atoms with Crippen molar-refractivity contribution >= 4 is 5.91 Å². The van der Waals surface area contributed by atoms with E-state index in [1.54, 1.807) is 4.90 Å². The molecule has 2 aliphatic heterocycles. The van der Waals surface area contributed by atoms with Crippen LogP contribution in [-0.2, 0) is 13.0 Å². The van der Waals surface area contributed by atoms with Gasteiger partial charge in [0, 0.05) is 26.2 Å². The molecule has 6 nitrogen and oxygen atoms in total. The lowest BCUT2D eigenvalue weighted by atomic mass is 9.97. The Kier molecular flexibility index (Phi) is 3.86. The maximum Gasteiger partial charge on any atom is 0.291 e. The SMILES string of the molecule is O=C(c1cnco1)N1CCC(O)(CN2CCc3ccccc3C2)C1. The number of carbonyl (C=O) groups excluding carboxylic acids is 1. The first kappa shape index (κ1) is 15.4. The third-order valence-electron chi connectivity index (χ3n) is 4.99. The van der Waals surface area contributed by atoms with Gasteiger partial charge in [0.2, 0.25) is 5.76 Å². The lowest BCUT2D eigenvalue weighted by Crippen LogP contribution is -2.47. The number of nitrogens with zero attached hydrogens (tertiary/aromatic N) is 3. The first-order valence-electron chi connectivity index (χ1n) is 8.32. The fourth-order valence-electron chi connectivity index (χ4n) is 3.74. The molecule has 1 fully saturated rings. The van der Waals surface area contributed by atoms with Crippen LogP contribution in [0.15, 0.2) is 41.3 Å². The lowest BCUT2D eigenvalue weighted by Gasteiger charge is -2.34. The van der Waals surface area contributed by atoms with Crippen LogP contribution in [-0.4, -0.2) is 57.6 Å². The van der Waals surface area contributed by atoms with Crippen LogP contribution in [0.5, 0.6) is 0 Å².